The first-order valence-electron chi connectivity index (χ1n) is 7.41. The zero-order chi connectivity index (χ0) is 14.5. The average molecular weight is 296 g/mol. The molecule has 1 amide bonds. The molecule has 5 nitrogen and oxygen atoms in total. The Morgan fingerprint density at radius 2 is 2.10 bits per heavy atom. The Hall–Kier alpha value is -1.30. The molecule has 2 rings (SSSR count). The number of nitrogens with one attached hydrogen (secondary N) is 2. The van der Waals surface area contributed by atoms with Gasteiger partial charge >= 0.3 is 0 Å². The van der Waals surface area contributed by atoms with Crippen molar-refractivity contribution in [3.63, 3.8) is 0 Å². The highest BCUT2D eigenvalue weighted by atomic mass is 32.1. The number of hydrogen-bond acceptors (Lipinski definition) is 5. The van der Waals surface area contributed by atoms with Crippen LogP contribution in [0.1, 0.15) is 55.6 Å². The lowest BCUT2D eigenvalue weighted by Gasteiger charge is -2.26. The van der Waals surface area contributed by atoms with Gasteiger partial charge in [-0.2, -0.15) is 0 Å². The van der Waals surface area contributed by atoms with Crippen molar-refractivity contribution in [3.8, 4) is 0 Å². The summed E-state index contributed by atoms with van der Waals surface area (Å²) in [6.45, 7) is 5.20. The summed E-state index contributed by atoms with van der Waals surface area (Å²) in [6.07, 6.45) is 5.51. The summed E-state index contributed by atoms with van der Waals surface area (Å²) in [6, 6.07) is 0.284. The van der Waals surface area contributed by atoms with Crippen LogP contribution in [0.15, 0.2) is 0 Å². The van der Waals surface area contributed by atoms with E-state index in [0.29, 0.717) is 10.7 Å². The Balaban J connectivity index is 1.93. The Morgan fingerprint density at radius 1 is 1.40 bits per heavy atom. The van der Waals surface area contributed by atoms with Crippen molar-refractivity contribution in [1.82, 2.24) is 10.3 Å². The molecule has 0 aromatic carbocycles. The standard InChI is InChI=1S/C14H24N4OS/c1-3-8-16-14-18-12(15)11(20-14)13(19)17-10-6-4-9(2)5-7-10/h9-10H,3-8,15H2,1-2H3,(H,16,18)(H,17,19). The largest absolute Gasteiger partial charge is 0.382 e. The fourth-order valence-electron chi connectivity index (χ4n) is 2.46. The van der Waals surface area contributed by atoms with Crippen molar-refractivity contribution in [2.45, 2.75) is 52.0 Å². The first-order chi connectivity index (χ1) is 9.60. The maximum atomic E-state index is 12.3. The van der Waals surface area contributed by atoms with Crippen LogP contribution >= 0.6 is 11.3 Å². The molecule has 1 aromatic heterocycles. The van der Waals surface area contributed by atoms with Crippen LogP contribution < -0.4 is 16.4 Å². The van der Waals surface area contributed by atoms with Gasteiger partial charge in [-0.25, -0.2) is 4.98 Å². The Morgan fingerprint density at radius 3 is 2.75 bits per heavy atom. The summed E-state index contributed by atoms with van der Waals surface area (Å²) < 4.78 is 0. The van der Waals surface area contributed by atoms with E-state index in [1.807, 2.05) is 0 Å². The SMILES string of the molecule is CCCNc1nc(N)c(C(=O)NC2CCC(C)CC2)s1. The van der Waals surface area contributed by atoms with Crippen LogP contribution in [0.4, 0.5) is 10.9 Å². The van der Waals surface area contributed by atoms with Crippen molar-refractivity contribution in [3.05, 3.63) is 4.88 Å². The molecular weight excluding hydrogens is 272 g/mol. The molecule has 1 saturated carbocycles. The molecule has 0 radical (unpaired) electrons. The summed E-state index contributed by atoms with van der Waals surface area (Å²) in [5.41, 5.74) is 5.84. The molecule has 0 aliphatic heterocycles. The molecule has 112 valence electrons. The Kier molecular flexibility index (Phi) is 5.23. The van der Waals surface area contributed by atoms with Crippen LogP contribution in [0.25, 0.3) is 0 Å². The molecule has 0 bridgehead atoms. The average Bonchev–Trinajstić information content (AvgIpc) is 2.80. The summed E-state index contributed by atoms with van der Waals surface area (Å²) in [5, 5.41) is 6.99. The number of rotatable bonds is 5. The van der Waals surface area contributed by atoms with E-state index in [1.165, 1.54) is 24.2 Å². The van der Waals surface area contributed by atoms with Crippen LogP contribution in [0.5, 0.6) is 0 Å². The van der Waals surface area contributed by atoms with Crippen LogP contribution in [-0.2, 0) is 0 Å². The smallest absolute Gasteiger partial charge is 0.265 e. The van der Waals surface area contributed by atoms with Crippen LogP contribution in [-0.4, -0.2) is 23.5 Å². The second-order valence-electron chi connectivity index (χ2n) is 5.59. The molecule has 6 heteroatoms. The lowest BCUT2D eigenvalue weighted by atomic mass is 9.87. The molecule has 0 saturated heterocycles. The van der Waals surface area contributed by atoms with Crippen LogP contribution in [0.2, 0.25) is 0 Å². The topological polar surface area (TPSA) is 80.0 Å². The van der Waals surface area contributed by atoms with E-state index >= 15 is 0 Å². The molecular formula is C14H24N4OS. The zero-order valence-electron chi connectivity index (χ0n) is 12.2. The van der Waals surface area contributed by atoms with Gasteiger partial charge in [0.25, 0.3) is 5.91 Å². The maximum absolute atomic E-state index is 12.3. The second kappa shape index (κ2) is 6.92. The minimum absolute atomic E-state index is 0.0795. The highest BCUT2D eigenvalue weighted by Crippen LogP contribution is 2.27. The molecule has 1 aliphatic rings. The first kappa shape index (κ1) is 15.1. The minimum atomic E-state index is -0.0795. The monoisotopic (exact) mass is 296 g/mol. The number of carbonyl (C=O) groups is 1. The molecule has 1 aliphatic carbocycles. The number of nitrogens with two attached hydrogens (primary N) is 1. The third-order valence-corrected chi connectivity index (χ3v) is 4.76. The molecule has 1 fully saturated rings. The van der Waals surface area contributed by atoms with Gasteiger partial charge in [0.2, 0.25) is 0 Å². The van der Waals surface area contributed by atoms with E-state index < -0.39 is 0 Å². The Labute approximate surface area is 124 Å². The van der Waals surface area contributed by atoms with Gasteiger partial charge in [0.1, 0.15) is 10.7 Å². The van der Waals surface area contributed by atoms with Crippen LogP contribution in [0, 0.1) is 5.92 Å². The minimum Gasteiger partial charge on any atom is -0.382 e. The summed E-state index contributed by atoms with van der Waals surface area (Å²) in [7, 11) is 0. The van der Waals surface area contributed by atoms with Crippen molar-refractivity contribution < 1.29 is 4.79 Å². The third-order valence-electron chi connectivity index (χ3n) is 3.74. The van der Waals surface area contributed by atoms with Gasteiger partial charge in [-0.3, -0.25) is 4.79 Å². The third kappa shape index (κ3) is 3.85. The van der Waals surface area contributed by atoms with Gasteiger partial charge in [0.05, 0.1) is 0 Å². The fraction of sp³-hybridized carbons (Fsp3) is 0.714. The second-order valence-corrected chi connectivity index (χ2v) is 6.59. The summed E-state index contributed by atoms with van der Waals surface area (Å²) in [4.78, 5) is 17.0. The highest BCUT2D eigenvalue weighted by Gasteiger charge is 2.23. The normalized spacial score (nSPS) is 22.5. The maximum Gasteiger partial charge on any atom is 0.265 e. The zero-order valence-corrected chi connectivity index (χ0v) is 13.1. The molecule has 1 heterocycles. The van der Waals surface area contributed by atoms with Crippen molar-refractivity contribution in [1.29, 1.82) is 0 Å². The lowest BCUT2D eigenvalue weighted by molar-refractivity contribution is 0.0928. The van der Waals surface area contributed by atoms with E-state index in [9.17, 15) is 4.79 Å². The summed E-state index contributed by atoms with van der Waals surface area (Å²) in [5.74, 6) is 1.03. The molecule has 0 spiro atoms. The number of hydrogen-bond donors (Lipinski definition) is 3. The van der Waals surface area contributed by atoms with Crippen molar-refractivity contribution in [2.24, 2.45) is 5.92 Å². The predicted molar refractivity (Wildman–Crippen MR) is 84.2 cm³/mol. The number of thiazole rings is 1. The van der Waals surface area contributed by atoms with Gasteiger partial charge in [-0.05, 0) is 38.0 Å². The number of nitrogens with zero attached hydrogens (tertiary/aromatic N) is 1. The molecule has 1 aromatic rings. The van der Waals surface area contributed by atoms with E-state index in [4.69, 9.17) is 5.73 Å². The number of anilines is 2. The lowest BCUT2D eigenvalue weighted by Crippen LogP contribution is -2.37. The number of carbonyl (C=O) groups excluding carboxylic acids is 1. The molecule has 0 atom stereocenters. The fourth-order valence-corrected chi connectivity index (χ4v) is 3.27. The van der Waals surface area contributed by atoms with Gasteiger partial charge in [-0.15, -0.1) is 0 Å². The Bertz CT molecular complexity index is 452. The quantitative estimate of drug-likeness (QED) is 0.780. The molecule has 0 unspecified atom stereocenters. The molecule has 4 N–H and O–H groups in total. The predicted octanol–water partition coefficient (Wildman–Crippen LogP) is 2.86. The number of aromatic nitrogens is 1. The van der Waals surface area contributed by atoms with Crippen LogP contribution in [0.3, 0.4) is 0 Å². The van der Waals surface area contributed by atoms with Gasteiger partial charge in [0, 0.05) is 12.6 Å². The van der Waals surface area contributed by atoms with Crippen molar-refractivity contribution in [2.75, 3.05) is 17.6 Å². The number of nitrogen functional groups attached to an aromatic ring is 1. The highest BCUT2D eigenvalue weighted by molar-refractivity contribution is 7.18. The summed E-state index contributed by atoms with van der Waals surface area (Å²) >= 11 is 1.34. The van der Waals surface area contributed by atoms with Gasteiger partial charge < -0.3 is 16.4 Å². The van der Waals surface area contributed by atoms with Crippen molar-refractivity contribution >= 4 is 28.2 Å². The van der Waals surface area contributed by atoms with E-state index in [0.717, 1.165) is 36.9 Å². The van der Waals surface area contributed by atoms with E-state index in [-0.39, 0.29) is 11.9 Å². The van der Waals surface area contributed by atoms with E-state index in [1.54, 1.807) is 0 Å². The molecule has 20 heavy (non-hydrogen) atoms. The van der Waals surface area contributed by atoms with E-state index in [2.05, 4.69) is 29.5 Å². The van der Waals surface area contributed by atoms with Gasteiger partial charge in [0.15, 0.2) is 5.13 Å². The van der Waals surface area contributed by atoms with Gasteiger partial charge in [-0.1, -0.05) is 25.2 Å². The number of amides is 1. The first-order valence-corrected chi connectivity index (χ1v) is 8.22.